The number of ether oxygens (including phenoxy) is 1. The highest BCUT2D eigenvalue weighted by atomic mass is 35.5. The Kier molecular flexibility index (Phi) is 5.41. The van der Waals surface area contributed by atoms with Gasteiger partial charge >= 0.3 is 5.69 Å². The van der Waals surface area contributed by atoms with E-state index in [1.807, 2.05) is 55.7 Å². The standard InChI is InChI=1S/C21H21ClN6O2/c1-4-14-6-5-7-19(28-21(29)27(3)24-25-28)16(14)13-30-20-9-8-15(12-17(20)22)18-10-11-26(2)23-18/h5-12H,4,13H2,1-3H3. The molecule has 0 atom stereocenters. The second-order valence-electron chi connectivity index (χ2n) is 6.87. The lowest BCUT2D eigenvalue weighted by Crippen LogP contribution is -2.23. The number of halogens is 1. The summed E-state index contributed by atoms with van der Waals surface area (Å²) in [6.45, 7) is 2.29. The molecule has 154 valence electrons. The molecule has 0 unspecified atom stereocenters. The van der Waals surface area contributed by atoms with Gasteiger partial charge in [0.25, 0.3) is 0 Å². The van der Waals surface area contributed by atoms with Crippen LogP contribution in [0.3, 0.4) is 0 Å². The van der Waals surface area contributed by atoms with Crippen molar-refractivity contribution in [1.82, 2.24) is 29.6 Å². The molecule has 0 radical (unpaired) electrons. The fraction of sp³-hybridized carbons (Fsp3) is 0.238. The van der Waals surface area contributed by atoms with Crippen LogP contribution in [0, 0.1) is 0 Å². The second kappa shape index (κ2) is 8.16. The molecular formula is C21H21ClN6O2. The van der Waals surface area contributed by atoms with Crippen molar-refractivity contribution in [2.24, 2.45) is 14.1 Å². The van der Waals surface area contributed by atoms with Crippen molar-refractivity contribution in [2.45, 2.75) is 20.0 Å². The zero-order valence-corrected chi connectivity index (χ0v) is 17.7. The van der Waals surface area contributed by atoms with Gasteiger partial charge in [0, 0.05) is 31.4 Å². The van der Waals surface area contributed by atoms with Crippen LogP contribution in [0.5, 0.6) is 5.75 Å². The minimum atomic E-state index is -0.317. The normalized spacial score (nSPS) is 11.1. The Morgan fingerprint density at radius 1 is 1.10 bits per heavy atom. The van der Waals surface area contributed by atoms with Gasteiger partial charge in [-0.15, -0.1) is 0 Å². The molecule has 0 saturated carbocycles. The fourth-order valence-corrected chi connectivity index (χ4v) is 3.51. The Morgan fingerprint density at radius 2 is 1.93 bits per heavy atom. The average Bonchev–Trinajstić information content (AvgIpc) is 3.32. The summed E-state index contributed by atoms with van der Waals surface area (Å²) in [6.07, 6.45) is 2.67. The Morgan fingerprint density at radius 3 is 2.57 bits per heavy atom. The van der Waals surface area contributed by atoms with Gasteiger partial charge in [-0.05, 0) is 52.7 Å². The highest BCUT2D eigenvalue weighted by Crippen LogP contribution is 2.31. The first-order chi connectivity index (χ1) is 14.5. The van der Waals surface area contributed by atoms with Crippen LogP contribution >= 0.6 is 11.6 Å². The molecule has 4 aromatic rings. The van der Waals surface area contributed by atoms with Gasteiger partial charge in [-0.25, -0.2) is 4.79 Å². The summed E-state index contributed by atoms with van der Waals surface area (Å²) in [7, 11) is 3.43. The van der Waals surface area contributed by atoms with Crippen LogP contribution in [0.4, 0.5) is 0 Å². The van der Waals surface area contributed by atoms with Crippen molar-refractivity contribution >= 4 is 11.6 Å². The van der Waals surface area contributed by atoms with Crippen molar-refractivity contribution in [1.29, 1.82) is 0 Å². The van der Waals surface area contributed by atoms with E-state index in [0.29, 0.717) is 16.5 Å². The minimum Gasteiger partial charge on any atom is -0.487 e. The van der Waals surface area contributed by atoms with Gasteiger partial charge in [0.2, 0.25) is 0 Å². The first-order valence-corrected chi connectivity index (χ1v) is 9.88. The highest BCUT2D eigenvalue weighted by molar-refractivity contribution is 6.32. The van der Waals surface area contributed by atoms with E-state index in [-0.39, 0.29) is 12.3 Å². The highest BCUT2D eigenvalue weighted by Gasteiger charge is 2.15. The zero-order valence-electron chi connectivity index (χ0n) is 16.9. The summed E-state index contributed by atoms with van der Waals surface area (Å²) < 4.78 is 10.3. The number of hydrogen-bond acceptors (Lipinski definition) is 5. The van der Waals surface area contributed by atoms with E-state index >= 15 is 0 Å². The third kappa shape index (κ3) is 3.73. The molecule has 30 heavy (non-hydrogen) atoms. The first-order valence-electron chi connectivity index (χ1n) is 9.50. The molecule has 2 aromatic heterocycles. The van der Waals surface area contributed by atoms with E-state index in [4.69, 9.17) is 16.3 Å². The minimum absolute atomic E-state index is 0.241. The maximum Gasteiger partial charge on any atom is 0.368 e. The predicted molar refractivity (Wildman–Crippen MR) is 114 cm³/mol. The summed E-state index contributed by atoms with van der Waals surface area (Å²) >= 11 is 6.47. The maximum absolute atomic E-state index is 12.4. The van der Waals surface area contributed by atoms with Crippen LogP contribution in [0.15, 0.2) is 53.5 Å². The molecule has 0 spiro atoms. The van der Waals surface area contributed by atoms with Gasteiger partial charge in [-0.2, -0.15) is 14.5 Å². The number of nitrogens with zero attached hydrogens (tertiary/aromatic N) is 6. The monoisotopic (exact) mass is 424 g/mol. The lowest BCUT2D eigenvalue weighted by atomic mass is 10.0. The Balaban J connectivity index is 1.64. The number of benzene rings is 2. The number of rotatable bonds is 6. The first kappa shape index (κ1) is 19.9. The van der Waals surface area contributed by atoms with E-state index in [2.05, 4.69) is 22.4 Å². The van der Waals surface area contributed by atoms with E-state index in [0.717, 1.165) is 28.8 Å². The second-order valence-corrected chi connectivity index (χ2v) is 7.28. The molecule has 0 aliphatic rings. The fourth-order valence-electron chi connectivity index (χ4n) is 3.28. The van der Waals surface area contributed by atoms with Crippen LogP contribution in [0.1, 0.15) is 18.1 Å². The van der Waals surface area contributed by atoms with Gasteiger partial charge in [0.05, 0.1) is 16.4 Å². The molecule has 4 rings (SSSR count). The van der Waals surface area contributed by atoms with Crippen LogP contribution in [0.25, 0.3) is 16.9 Å². The Labute approximate surface area is 178 Å². The molecule has 9 heteroatoms. The van der Waals surface area contributed by atoms with Gasteiger partial charge in [0.15, 0.2) is 0 Å². The Bertz CT molecular complexity index is 1260. The van der Waals surface area contributed by atoms with Crippen molar-refractivity contribution in [3.05, 3.63) is 75.3 Å². The molecule has 2 heterocycles. The van der Waals surface area contributed by atoms with Crippen molar-refractivity contribution in [3.8, 4) is 22.7 Å². The zero-order chi connectivity index (χ0) is 21.3. The SMILES string of the molecule is CCc1cccc(-n2nnn(C)c2=O)c1COc1ccc(-c2ccn(C)n2)cc1Cl. The summed E-state index contributed by atoms with van der Waals surface area (Å²) in [6, 6.07) is 13.2. The van der Waals surface area contributed by atoms with Crippen molar-refractivity contribution in [3.63, 3.8) is 0 Å². The van der Waals surface area contributed by atoms with Gasteiger partial charge in [-0.3, -0.25) is 4.68 Å². The van der Waals surface area contributed by atoms with Crippen LogP contribution in [-0.2, 0) is 27.1 Å². The molecule has 0 aliphatic heterocycles. The Hall–Kier alpha value is -3.39. The quantitative estimate of drug-likeness (QED) is 0.475. The largest absolute Gasteiger partial charge is 0.487 e. The molecule has 8 nitrogen and oxygen atoms in total. The molecule has 0 saturated heterocycles. The van der Waals surface area contributed by atoms with E-state index < -0.39 is 0 Å². The summed E-state index contributed by atoms with van der Waals surface area (Å²) in [5, 5.41) is 12.7. The average molecular weight is 425 g/mol. The third-order valence-corrected chi connectivity index (χ3v) is 5.19. The lowest BCUT2D eigenvalue weighted by Gasteiger charge is -2.15. The molecule has 0 fully saturated rings. The molecule has 0 N–H and O–H groups in total. The number of aromatic nitrogens is 6. The smallest absolute Gasteiger partial charge is 0.368 e. The molecular weight excluding hydrogens is 404 g/mol. The van der Waals surface area contributed by atoms with Crippen LogP contribution in [0.2, 0.25) is 5.02 Å². The van der Waals surface area contributed by atoms with Gasteiger partial charge in [0.1, 0.15) is 12.4 Å². The van der Waals surface area contributed by atoms with Crippen LogP contribution in [-0.4, -0.2) is 29.6 Å². The lowest BCUT2D eigenvalue weighted by molar-refractivity contribution is 0.304. The van der Waals surface area contributed by atoms with Crippen molar-refractivity contribution < 1.29 is 4.74 Å². The van der Waals surface area contributed by atoms with Gasteiger partial charge in [-0.1, -0.05) is 30.7 Å². The number of aryl methyl sites for hydroxylation is 3. The topological polar surface area (TPSA) is 79.8 Å². The van der Waals surface area contributed by atoms with E-state index in [1.54, 1.807) is 11.7 Å². The summed E-state index contributed by atoms with van der Waals surface area (Å²) in [5.74, 6) is 0.555. The van der Waals surface area contributed by atoms with Crippen LogP contribution < -0.4 is 10.4 Å². The number of tetrazole rings is 1. The van der Waals surface area contributed by atoms with Gasteiger partial charge < -0.3 is 4.74 Å². The third-order valence-electron chi connectivity index (χ3n) is 4.89. The van der Waals surface area contributed by atoms with E-state index in [9.17, 15) is 4.79 Å². The molecule has 0 amide bonds. The molecule has 2 aromatic carbocycles. The maximum atomic E-state index is 12.4. The molecule has 0 bridgehead atoms. The molecule has 0 aliphatic carbocycles. The van der Waals surface area contributed by atoms with Crippen molar-refractivity contribution in [2.75, 3.05) is 0 Å². The number of hydrogen-bond donors (Lipinski definition) is 0. The predicted octanol–water partition coefficient (Wildman–Crippen LogP) is 3.16. The summed E-state index contributed by atoms with van der Waals surface area (Å²) in [5.41, 5.74) is 4.01. The summed E-state index contributed by atoms with van der Waals surface area (Å²) in [4.78, 5) is 12.4. The van der Waals surface area contributed by atoms with E-state index in [1.165, 1.54) is 9.36 Å².